The number of esters is 1. The van der Waals surface area contributed by atoms with Crippen LogP contribution >= 0.6 is 11.8 Å². The molecule has 1 aromatic rings. The molecule has 0 bridgehead atoms. The van der Waals surface area contributed by atoms with Gasteiger partial charge in [0.05, 0.1) is 12.5 Å². The van der Waals surface area contributed by atoms with E-state index < -0.39 is 17.0 Å². The molecule has 0 aliphatic heterocycles. The highest BCUT2D eigenvalue weighted by molar-refractivity contribution is 7.99. The molecule has 94 valence electrons. The predicted octanol–water partition coefficient (Wildman–Crippen LogP) is 3.26. The Balaban J connectivity index is 2.67. The number of hydrogen-bond acceptors (Lipinski definition) is 3. The molecule has 0 aliphatic carbocycles. The van der Waals surface area contributed by atoms with E-state index in [1.54, 1.807) is 13.8 Å². The Kier molecular flexibility index (Phi) is 4.51. The smallest absolute Gasteiger partial charge is 0.312 e. The maximum absolute atomic E-state index is 12.9. The van der Waals surface area contributed by atoms with Gasteiger partial charge < -0.3 is 4.74 Å². The summed E-state index contributed by atoms with van der Waals surface area (Å²) >= 11 is 1.29. The van der Waals surface area contributed by atoms with Gasteiger partial charge >= 0.3 is 5.97 Å². The van der Waals surface area contributed by atoms with E-state index >= 15 is 0 Å². The zero-order chi connectivity index (χ0) is 13.1. The number of hydrogen-bond donors (Lipinski definition) is 0. The average molecular weight is 260 g/mol. The molecule has 2 nitrogen and oxygen atoms in total. The summed E-state index contributed by atoms with van der Waals surface area (Å²) in [5, 5.41) is 0. The predicted molar refractivity (Wildman–Crippen MR) is 62.9 cm³/mol. The Labute approximate surface area is 103 Å². The average Bonchev–Trinajstić information content (AvgIpc) is 2.29. The van der Waals surface area contributed by atoms with E-state index in [0.29, 0.717) is 10.6 Å². The second-order valence-corrected chi connectivity index (χ2v) is 5.29. The van der Waals surface area contributed by atoms with Crippen LogP contribution in [0, 0.1) is 17.0 Å². The van der Waals surface area contributed by atoms with Crippen LogP contribution in [0.3, 0.4) is 0 Å². The minimum absolute atomic E-state index is 0.326. The molecule has 0 fully saturated rings. The zero-order valence-electron chi connectivity index (χ0n) is 9.92. The molecule has 0 aliphatic rings. The van der Waals surface area contributed by atoms with Gasteiger partial charge in [-0.2, -0.15) is 0 Å². The lowest BCUT2D eigenvalue weighted by Gasteiger charge is -2.20. The molecule has 0 unspecified atom stereocenters. The molecular formula is C12H14F2O2S. The highest BCUT2D eigenvalue weighted by atomic mass is 32.2. The van der Waals surface area contributed by atoms with Crippen molar-refractivity contribution in [3.63, 3.8) is 0 Å². The first kappa shape index (κ1) is 14.0. The molecule has 0 spiro atoms. The summed E-state index contributed by atoms with van der Waals surface area (Å²) in [5.74, 6) is -1.65. The van der Waals surface area contributed by atoms with E-state index in [4.69, 9.17) is 0 Å². The summed E-state index contributed by atoms with van der Waals surface area (Å²) in [6.45, 7) is 3.48. The monoisotopic (exact) mass is 260 g/mol. The molecule has 0 radical (unpaired) electrons. The molecule has 1 aromatic carbocycles. The molecule has 0 saturated heterocycles. The largest absolute Gasteiger partial charge is 0.469 e. The first-order valence-electron chi connectivity index (χ1n) is 5.03. The number of rotatable bonds is 4. The Hall–Kier alpha value is -1.10. The van der Waals surface area contributed by atoms with E-state index in [1.807, 2.05) is 0 Å². The minimum Gasteiger partial charge on any atom is -0.469 e. The van der Waals surface area contributed by atoms with Crippen LogP contribution < -0.4 is 0 Å². The number of carbonyl (C=O) groups excluding carboxylic acids is 1. The van der Waals surface area contributed by atoms with Crippen molar-refractivity contribution >= 4 is 17.7 Å². The summed E-state index contributed by atoms with van der Waals surface area (Å²) in [6, 6.07) is 3.67. The summed E-state index contributed by atoms with van der Waals surface area (Å²) in [5.41, 5.74) is -0.662. The molecule has 0 atom stereocenters. The molecule has 0 heterocycles. The second-order valence-electron chi connectivity index (χ2n) is 4.24. The quantitative estimate of drug-likeness (QED) is 0.614. The van der Waals surface area contributed by atoms with Crippen LogP contribution in [-0.4, -0.2) is 18.8 Å². The van der Waals surface area contributed by atoms with Crippen molar-refractivity contribution in [3.05, 3.63) is 29.8 Å². The molecule has 17 heavy (non-hydrogen) atoms. The van der Waals surface area contributed by atoms with Gasteiger partial charge in [-0.25, -0.2) is 8.78 Å². The summed E-state index contributed by atoms with van der Waals surface area (Å²) in [6.07, 6.45) is 0. The molecular weight excluding hydrogens is 246 g/mol. The van der Waals surface area contributed by atoms with E-state index in [9.17, 15) is 13.6 Å². The third kappa shape index (κ3) is 3.70. The van der Waals surface area contributed by atoms with Crippen LogP contribution in [-0.2, 0) is 9.53 Å². The van der Waals surface area contributed by atoms with Gasteiger partial charge in [0.25, 0.3) is 0 Å². The number of halogens is 2. The van der Waals surface area contributed by atoms with Gasteiger partial charge in [-0.15, -0.1) is 11.8 Å². The maximum Gasteiger partial charge on any atom is 0.312 e. The maximum atomic E-state index is 12.9. The van der Waals surface area contributed by atoms with Crippen LogP contribution in [0.4, 0.5) is 8.78 Å². The van der Waals surface area contributed by atoms with Crippen LogP contribution in [0.2, 0.25) is 0 Å². The second kappa shape index (κ2) is 5.49. The van der Waals surface area contributed by atoms with Gasteiger partial charge in [0, 0.05) is 10.6 Å². The van der Waals surface area contributed by atoms with Crippen molar-refractivity contribution in [2.45, 2.75) is 18.7 Å². The van der Waals surface area contributed by atoms with Crippen LogP contribution in [0.25, 0.3) is 0 Å². The SMILES string of the molecule is COC(=O)C(C)(C)CSc1ccc(F)c(F)c1. The van der Waals surface area contributed by atoms with Crippen LogP contribution in [0.5, 0.6) is 0 Å². The first-order chi connectivity index (χ1) is 7.86. The van der Waals surface area contributed by atoms with Crippen molar-refractivity contribution in [2.24, 2.45) is 5.41 Å². The van der Waals surface area contributed by atoms with Crippen LogP contribution in [0.1, 0.15) is 13.8 Å². The molecule has 0 N–H and O–H groups in total. The number of thioether (sulfide) groups is 1. The molecule has 5 heteroatoms. The van der Waals surface area contributed by atoms with Gasteiger partial charge in [0.1, 0.15) is 0 Å². The number of ether oxygens (including phenoxy) is 1. The van der Waals surface area contributed by atoms with Gasteiger partial charge in [0.2, 0.25) is 0 Å². The lowest BCUT2D eigenvalue weighted by Crippen LogP contribution is -2.28. The van der Waals surface area contributed by atoms with Crippen molar-refractivity contribution in [1.82, 2.24) is 0 Å². The van der Waals surface area contributed by atoms with Gasteiger partial charge in [-0.3, -0.25) is 4.79 Å². The Morgan fingerprint density at radius 3 is 2.53 bits per heavy atom. The fraction of sp³-hybridized carbons (Fsp3) is 0.417. The highest BCUT2D eigenvalue weighted by Gasteiger charge is 2.28. The molecule has 0 aromatic heterocycles. The zero-order valence-corrected chi connectivity index (χ0v) is 10.7. The Morgan fingerprint density at radius 1 is 1.35 bits per heavy atom. The Bertz CT molecular complexity index is 419. The lowest BCUT2D eigenvalue weighted by atomic mass is 9.97. The summed E-state index contributed by atoms with van der Waals surface area (Å²) < 4.78 is 30.3. The number of benzene rings is 1. The molecule has 0 saturated carbocycles. The van der Waals surface area contributed by atoms with Gasteiger partial charge in [-0.05, 0) is 32.0 Å². The topological polar surface area (TPSA) is 26.3 Å². The summed E-state index contributed by atoms with van der Waals surface area (Å²) in [7, 11) is 1.33. The minimum atomic E-state index is -0.883. The summed E-state index contributed by atoms with van der Waals surface area (Å²) in [4.78, 5) is 12.0. The molecule has 0 amide bonds. The third-order valence-electron chi connectivity index (χ3n) is 2.23. The van der Waals surface area contributed by atoms with E-state index in [2.05, 4.69) is 4.74 Å². The fourth-order valence-electron chi connectivity index (χ4n) is 1.17. The van der Waals surface area contributed by atoms with E-state index in [1.165, 1.54) is 24.9 Å². The van der Waals surface area contributed by atoms with E-state index in [0.717, 1.165) is 12.1 Å². The van der Waals surface area contributed by atoms with Crippen molar-refractivity contribution in [1.29, 1.82) is 0 Å². The van der Waals surface area contributed by atoms with Gasteiger partial charge in [0.15, 0.2) is 11.6 Å². The lowest BCUT2D eigenvalue weighted by molar-refractivity contribution is -0.149. The standard InChI is InChI=1S/C12H14F2O2S/c1-12(2,11(15)16-3)7-17-8-4-5-9(13)10(14)6-8/h4-6H,7H2,1-3H3. The number of methoxy groups -OCH3 is 1. The third-order valence-corrected chi connectivity index (χ3v) is 3.68. The van der Waals surface area contributed by atoms with Crippen molar-refractivity contribution in [3.8, 4) is 0 Å². The van der Waals surface area contributed by atoms with Crippen molar-refractivity contribution in [2.75, 3.05) is 12.9 Å². The normalized spacial score (nSPS) is 11.4. The number of carbonyl (C=O) groups is 1. The highest BCUT2D eigenvalue weighted by Crippen LogP contribution is 2.29. The van der Waals surface area contributed by atoms with Gasteiger partial charge in [-0.1, -0.05) is 0 Å². The van der Waals surface area contributed by atoms with Crippen molar-refractivity contribution < 1.29 is 18.3 Å². The molecule has 1 rings (SSSR count). The van der Waals surface area contributed by atoms with E-state index in [-0.39, 0.29) is 5.97 Å². The van der Waals surface area contributed by atoms with Crippen LogP contribution in [0.15, 0.2) is 23.1 Å². The first-order valence-corrected chi connectivity index (χ1v) is 6.01. The Morgan fingerprint density at radius 2 is 2.00 bits per heavy atom. The fourth-order valence-corrected chi connectivity index (χ4v) is 2.16.